The molecular weight excluding hydrogens is 482 g/mol. The van der Waals surface area contributed by atoms with Crippen LogP contribution in [0.2, 0.25) is 0 Å². The van der Waals surface area contributed by atoms with Gasteiger partial charge in [0, 0.05) is 26.2 Å². The highest BCUT2D eigenvalue weighted by Crippen LogP contribution is 2.66. The van der Waals surface area contributed by atoms with Gasteiger partial charge in [-0.05, 0) is 38.0 Å². The maximum atomic E-state index is 14.4. The van der Waals surface area contributed by atoms with Crippen molar-refractivity contribution in [1.82, 2.24) is 14.7 Å². The Balaban J connectivity index is 2.18. The Bertz CT molecular complexity index is 922. The van der Waals surface area contributed by atoms with Gasteiger partial charge in [-0.15, -0.1) is 13.2 Å². The fourth-order valence-corrected chi connectivity index (χ4v) is 7.19. The molecule has 1 N–H and O–H groups in total. The number of unbranched alkanes of at least 4 members (excludes halogenated alkanes) is 1. The number of amides is 3. The van der Waals surface area contributed by atoms with Crippen molar-refractivity contribution >= 4 is 17.7 Å². The first-order valence-corrected chi connectivity index (χ1v) is 14.4. The standard InChI is InChI=1S/C30H49N3O5/c1-9-13-17-32(16-12-4)28(37)25-30-18-21(7)29(8,38-30)23(26(35)31(14-10-2)15-11-3)24(30)27(36)33(25)22(19-34)20(5)6/h10,12,20-25,34H,2,4,9,11,13-19H2,1,3,5-8H3/t21?,22-,23-,24-,25?,29+,30?/m0/s1. The first kappa shape index (κ1) is 30.4. The van der Waals surface area contributed by atoms with Crippen LogP contribution in [0.5, 0.6) is 0 Å². The Labute approximate surface area is 229 Å². The van der Waals surface area contributed by atoms with Crippen LogP contribution < -0.4 is 0 Å². The maximum Gasteiger partial charge on any atom is 0.248 e. The first-order valence-electron chi connectivity index (χ1n) is 14.4. The lowest BCUT2D eigenvalue weighted by Gasteiger charge is -2.40. The van der Waals surface area contributed by atoms with Crippen molar-refractivity contribution in [2.45, 2.75) is 90.5 Å². The van der Waals surface area contributed by atoms with E-state index in [-0.39, 0.29) is 36.2 Å². The third kappa shape index (κ3) is 4.72. The van der Waals surface area contributed by atoms with E-state index in [9.17, 15) is 19.5 Å². The maximum absolute atomic E-state index is 14.4. The van der Waals surface area contributed by atoms with E-state index in [1.54, 1.807) is 26.9 Å². The summed E-state index contributed by atoms with van der Waals surface area (Å²) < 4.78 is 6.87. The molecule has 3 saturated heterocycles. The van der Waals surface area contributed by atoms with E-state index in [4.69, 9.17) is 4.74 Å². The van der Waals surface area contributed by atoms with Gasteiger partial charge in [-0.3, -0.25) is 14.4 Å². The van der Waals surface area contributed by atoms with Gasteiger partial charge in [-0.1, -0.05) is 53.2 Å². The molecule has 8 heteroatoms. The van der Waals surface area contributed by atoms with Crippen LogP contribution in [0.1, 0.15) is 67.2 Å². The molecule has 0 aromatic heterocycles. The number of hydrogen-bond donors (Lipinski definition) is 1. The minimum Gasteiger partial charge on any atom is -0.394 e. The van der Waals surface area contributed by atoms with Gasteiger partial charge in [0.1, 0.15) is 11.6 Å². The number of ether oxygens (including phenoxy) is 1. The average molecular weight is 532 g/mol. The molecule has 2 bridgehead atoms. The minimum absolute atomic E-state index is 0.0296. The highest BCUT2D eigenvalue weighted by Gasteiger charge is 2.80. The van der Waals surface area contributed by atoms with Crippen molar-refractivity contribution in [3.8, 4) is 0 Å². The Morgan fingerprint density at radius 2 is 1.74 bits per heavy atom. The van der Waals surface area contributed by atoms with Gasteiger partial charge in [0.15, 0.2) is 0 Å². The normalized spacial score (nSPS) is 32.4. The number of aliphatic hydroxyl groups is 1. The molecule has 3 aliphatic heterocycles. The molecule has 7 atom stereocenters. The lowest BCUT2D eigenvalue weighted by Crippen LogP contribution is -2.60. The second-order valence-corrected chi connectivity index (χ2v) is 11.9. The fraction of sp³-hybridized carbons (Fsp3) is 0.767. The summed E-state index contributed by atoms with van der Waals surface area (Å²) in [5.74, 6) is -2.16. The van der Waals surface area contributed by atoms with Crippen molar-refractivity contribution in [3.63, 3.8) is 0 Å². The summed E-state index contributed by atoms with van der Waals surface area (Å²) in [6.45, 7) is 21.2. The van der Waals surface area contributed by atoms with Crippen LogP contribution in [0.4, 0.5) is 0 Å². The molecule has 214 valence electrons. The van der Waals surface area contributed by atoms with Gasteiger partial charge in [0.25, 0.3) is 0 Å². The SMILES string of the molecule is C=CCN(CCCC)C(=O)C1N([C@@H](CO)C(C)C)C(=O)[C@@H]2[C@@H](C(=O)N(CC=C)CCC)[C@]3(C)OC12CC3C. The number of carbonyl (C=O) groups is 3. The topological polar surface area (TPSA) is 90.4 Å². The van der Waals surface area contributed by atoms with Crippen LogP contribution in [0.15, 0.2) is 25.3 Å². The molecule has 3 aliphatic rings. The molecule has 0 saturated carbocycles. The summed E-state index contributed by atoms with van der Waals surface area (Å²) in [5.41, 5.74) is -1.99. The first-order chi connectivity index (χ1) is 18.0. The van der Waals surface area contributed by atoms with Crippen molar-refractivity contribution in [3.05, 3.63) is 25.3 Å². The summed E-state index contributed by atoms with van der Waals surface area (Å²) in [4.78, 5) is 48.1. The van der Waals surface area contributed by atoms with Crippen LogP contribution in [-0.4, -0.2) is 93.6 Å². The Hall–Kier alpha value is -2.19. The highest BCUT2D eigenvalue weighted by molar-refractivity contribution is 5.99. The molecular formula is C30H49N3O5. The zero-order valence-corrected chi connectivity index (χ0v) is 24.3. The van der Waals surface area contributed by atoms with Gasteiger partial charge < -0.3 is 24.5 Å². The zero-order valence-electron chi connectivity index (χ0n) is 24.3. The van der Waals surface area contributed by atoms with E-state index in [1.165, 1.54) is 0 Å². The smallest absolute Gasteiger partial charge is 0.248 e. The second-order valence-electron chi connectivity index (χ2n) is 11.9. The minimum atomic E-state index is -1.12. The molecule has 0 aromatic rings. The van der Waals surface area contributed by atoms with E-state index < -0.39 is 35.1 Å². The Morgan fingerprint density at radius 3 is 2.24 bits per heavy atom. The van der Waals surface area contributed by atoms with Crippen LogP contribution >= 0.6 is 0 Å². The molecule has 0 aromatic carbocycles. The number of aliphatic hydroxyl groups excluding tert-OH is 1. The van der Waals surface area contributed by atoms with Gasteiger partial charge in [-0.2, -0.15) is 0 Å². The molecule has 8 nitrogen and oxygen atoms in total. The van der Waals surface area contributed by atoms with E-state index in [1.807, 2.05) is 27.7 Å². The van der Waals surface area contributed by atoms with Gasteiger partial charge in [0.2, 0.25) is 17.7 Å². The summed E-state index contributed by atoms with van der Waals surface area (Å²) in [5, 5.41) is 10.4. The Morgan fingerprint density at radius 1 is 1.13 bits per heavy atom. The van der Waals surface area contributed by atoms with Gasteiger partial charge >= 0.3 is 0 Å². The largest absolute Gasteiger partial charge is 0.394 e. The Kier molecular flexibility index (Phi) is 9.51. The van der Waals surface area contributed by atoms with Crippen molar-refractivity contribution in [1.29, 1.82) is 0 Å². The summed E-state index contributed by atoms with van der Waals surface area (Å²) >= 11 is 0. The molecule has 0 aliphatic carbocycles. The zero-order chi connectivity index (χ0) is 28.4. The molecule has 3 heterocycles. The quantitative estimate of drug-likeness (QED) is 0.348. The molecule has 3 unspecified atom stereocenters. The van der Waals surface area contributed by atoms with E-state index >= 15 is 0 Å². The molecule has 3 rings (SSSR count). The summed E-state index contributed by atoms with van der Waals surface area (Å²) in [7, 11) is 0. The number of likely N-dealkylation sites (tertiary alicyclic amines) is 1. The number of hydrogen-bond acceptors (Lipinski definition) is 5. The second kappa shape index (κ2) is 11.9. The monoisotopic (exact) mass is 531 g/mol. The van der Waals surface area contributed by atoms with E-state index in [0.29, 0.717) is 32.6 Å². The summed E-state index contributed by atoms with van der Waals surface area (Å²) in [6, 6.07) is -1.47. The molecule has 38 heavy (non-hydrogen) atoms. The van der Waals surface area contributed by atoms with Crippen LogP contribution in [0, 0.1) is 23.7 Å². The molecule has 1 spiro atoms. The van der Waals surface area contributed by atoms with Gasteiger partial charge in [0.05, 0.1) is 30.1 Å². The lowest BCUT2D eigenvalue weighted by molar-refractivity contribution is -0.158. The van der Waals surface area contributed by atoms with Crippen molar-refractivity contribution in [2.75, 3.05) is 32.8 Å². The van der Waals surface area contributed by atoms with Crippen molar-refractivity contribution < 1.29 is 24.2 Å². The van der Waals surface area contributed by atoms with Crippen LogP contribution in [0.25, 0.3) is 0 Å². The lowest BCUT2D eigenvalue weighted by atomic mass is 9.62. The third-order valence-corrected chi connectivity index (χ3v) is 9.16. The number of rotatable bonds is 14. The fourth-order valence-electron chi connectivity index (χ4n) is 7.19. The van der Waals surface area contributed by atoms with Crippen LogP contribution in [0.3, 0.4) is 0 Å². The number of carbonyl (C=O) groups excluding carboxylic acids is 3. The number of fused-ring (bicyclic) bond motifs is 1. The summed E-state index contributed by atoms with van der Waals surface area (Å²) in [6.07, 6.45) is 6.46. The van der Waals surface area contributed by atoms with E-state index in [0.717, 1.165) is 19.3 Å². The van der Waals surface area contributed by atoms with E-state index in [2.05, 4.69) is 27.0 Å². The molecule has 0 radical (unpaired) electrons. The predicted octanol–water partition coefficient (Wildman–Crippen LogP) is 3.25. The third-order valence-electron chi connectivity index (χ3n) is 9.16. The average Bonchev–Trinajstić information content (AvgIpc) is 3.38. The highest BCUT2D eigenvalue weighted by atomic mass is 16.5. The predicted molar refractivity (Wildman–Crippen MR) is 148 cm³/mol. The van der Waals surface area contributed by atoms with Crippen molar-refractivity contribution in [2.24, 2.45) is 23.7 Å². The molecule has 3 fully saturated rings. The number of nitrogens with zero attached hydrogens (tertiary/aromatic N) is 3. The van der Waals surface area contributed by atoms with Gasteiger partial charge in [-0.25, -0.2) is 0 Å². The molecule has 3 amide bonds. The van der Waals surface area contributed by atoms with Crippen LogP contribution in [-0.2, 0) is 19.1 Å².